The molecule has 17 heavy (non-hydrogen) atoms. The summed E-state index contributed by atoms with van der Waals surface area (Å²) in [4.78, 5) is 4.10. The van der Waals surface area contributed by atoms with E-state index < -0.39 is 19.0 Å². The fraction of sp³-hybridized carbons (Fsp3) is 0.583. The van der Waals surface area contributed by atoms with E-state index in [1.165, 1.54) is 0 Å². The Kier molecular flexibility index (Phi) is 4.03. The fourth-order valence-corrected chi connectivity index (χ4v) is 1.23. The maximum absolute atomic E-state index is 12.9. The number of hydrogen-bond acceptors (Lipinski definition) is 3. The molecule has 0 aliphatic heterocycles. The normalized spacial score (nSPS) is 12.6. The van der Waals surface area contributed by atoms with E-state index in [4.69, 9.17) is 5.73 Å². The minimum atomic E-state index is -2.90. The third-order valence-electron chi connectivity index (χ3n) is 2.46. The number of pyridine rings is 1. The summed E-state index contributed by atoms with van der Waals surface area (Å²) >= 11 is 0. The second kappa shape index (κ2) is 4.96. The molecule has 1 aromatic heterocycles. The zero-order valence-corrected chi connectivity index (χ0v) is 10.4. The quantitative estimate of drug-likeness (QED) is 0.853. The molecule has 0 saturated heterocycles. The molecule has 0 aliphatic carbocycles. The van der Waals surface area contributed by atoms with Crippen molar-refractivity contribution >= 4 is 5.82 Å². The highest BCUT2D eigenvalue weighted by molar-refractivity contribution is 5.37. The van der Waals surface area contributed by atoms with Crippen molar-refractivity contribution < 1.29 is 8.78 Å². The summed E-state index contributed by atoms with van der Waals surface area (Å²) in [5, 5.41) is 2.57. The van der Waals surface area contributed by atoms with Crippen LogP contribution in [0.3, 0.4) is 0 Å². The van der Waals surface area contributed by atoms with Crippen molar-refractivity contribution in [3.63, 3.8) is 0 Å². The lowest BCUT2D eigenvalue weighted by molar-refractivity contribution is 0.0253. The Hall–Kier alpha value is -1.23. The number of nitrogens with one attached hydrogen (secondary N) is 1. The number of aromatic nitrogens is 1. The molecule has 3 nitrogen and oxygen atoms in total. The minimum Gasteiger partial charge on any atom is -0.364 e. The van der Waals surface area contributed by atoms with E-state index in [0.717, 1.165) is 5.56 Å². The van der Waals surface area contributed by atoms with Crippen LogP contribution < -0.4 is 11.1 Å². The molecule has 0 unspecified atom stereocenters. The molecule has 0 radical (unpaired) electrons. The summed E-state index contributed by atoms with van der Waals surface area (Å²) in [5.74, 6) is -2.46. The van der Waals surface area contributed by atoms with Gasteiger partial charge in [0.25, 0.3) is 5.92 Å². The Labute approximate surface area is 100 Å². The number of halogens is 2. The van der Waals surface area contributed by atoms with Crippen molar-refractivity contribution in [3.8, 4) is 0 Å². The third-order valence-corrected chi connectivity index (χ3v) is 2.46. The lowest BCUT2D eigenvalue weighted by Gasteiger charge is -2.19. The van der Waals surface area contributed by atoms with Crippen LogP contribution >= 0.6 is 0 Å². The maximum Gasteiger partial charge on any atom is 0.276 e. The summed E-state index contributed by atoms with van der Waals surface area (Å²) in [7, 11) is 0. The Balaban J connectivity index is 2.64. The van der Waals surface area contributed by atoms with E-state index in [0.29, 0.717) is 5.82 Å². The number of nitrogens with zero attached hydrogens (tertiary/aromatic N) is 1. The average Bonchev–Trinajstić information content (AvgIpc) is 2.26. The molecular weight excluding hydrogens is 224 g/mol. The average molecular weight is 243 g/mol. The van der Waals surface area contributed by atoms with Gasteiger partial charge in [0.15, 0.2) is 0 Å². The summed E-state index contributed by atoms with van der Waals surface area (Å²) in [6.07, 6.45) is 1.70. The molecule has 0 aromatic carbocycles. The fourth-order valence-electron chi connectivity index (χ4n) is 1.23. The van der Waals surface area contributed by atoms with E-state index in [1.54, 1.807) is 12.3 Å². The SMILES string of the molecule is CC(C)(C)c1ccc(NCC(F)(F)CN)nc1. The van der Waals surface area contributed by atoms with Crippen molar-refractivity contribution in [2.75, 3.05) is 18.4 Å². The highest BCUT2D eigenvalue weighted by Crippen LogP contribution is 2.22. The highest BCUT2D eigenvalue weighted by atomic mass is 19.3. The Morgan fingerprint density at radius 2 is 1.94 bits per heavy atom. The number of hydrogen-bond donors (Lipinski definition) is 2. The van der Waals surface area contributed by atoms with Crippen LogP contribution in [0.1, 0.15) is 26.3 Å². The van der Waals surface area contributed by atoms with Gasteiger partial charge in [-0.15, -0.1) is 0 Å². The van der Waals surface area contributed by atoms with Gasteiger partial charge < -0.3 is 11.1 Å². The first kappa shape index (κ1) is 13.8. The van der Waals surface area contributed by atoms with E-state index in [1.807, 2.05) is 6.07 Å². The highest BCUT2D eigenvalue weighted by Gasteiger charge is 2.26. The zero-order chi connectivity index (χ0) is 13.1. The maximum atomic E-state index is 12.9. The van der Waals surface area contributed by atoms with Crippen molar-refractivity contribution in [2.24, 2.45) is 5.73 Å². The molecule has 96 valence electrons. The monoisotopic (exact) mass is 243 g/mol. The molecule has 1 heterocycles. The molecule has 0 fully saturated rings. The van der Waals surface area contributed by atoms with Gasteiger partial charge in [-0.1, -0.05) is 26.8 Å². The first-order valence-electron chi connectivity index (χ1n) is 5.53. The topological polar surface area (TPSA) is 50.9 Å². The summed E-state index contributed by atoms with van der Waals surface area (Å²) < 4.78 is 25.8. The van der Waals surface area contributed by atoms with Crippen LogP contribution in [0.25, 0.3) is 0 Å². The lowest BCUT2D eigenvalue weighted by atomic mass is 9.88. The second-order valence-corrected chi connectivity index (χ2v) is 5.10. The number of alkyl halides is 2. The van der Waals surface area contributed by atoms with Gasteiger partial charge in [-0.2, -0.15) is 0 Å². The third kappa shape index (κ3) is 4.26. The van der Waals surface area contributed by atoms with Crippen LogP contribution in [0.15, 0.2) is 18.3 Å². The molecule has 5 heteroatoms. The van der Waals surface area contributed by atoms with E-state index in [2.05, 4.69) is 31.1 Å². The molecule has 0 bridgehead atoms. The lowest BCUT2D eigenvalue weighted by Crippen LogP contribution is -2.35. The van der Waals surface area contributed by atoms with Crippen LogP contribution in [0.5, 0.6) is 0 Å². The Morgan fingerprint density at radius 1 is 1.29 bits per heavy atom. The largest absolute Gasteiger partial charge is 0.364 e. The van der Waals surface area contributed by atoms with Crippen LogP contribution in [-0.2, 0) is 5.41 Å². The summed E-state index contributed by atoms with van der Waals surface area (Å²) in [5.41, 5.74) is 6.01. The first-order valence-corrected chi connectivity index (χ1v) is 5.53. The second-order valence-electron chi connectivity index (χ2n) is 5.10. The van der Waals surface area contributed by atoms with Crippen LogP contribution in [0.4, 0.5) is 14.6 Å². The van der Waals surface area contributed by atoms with Gasteiger partial charge in [0.1, 0.15) is 5.82 Å². The molecule has 3 N–H and O–H groups in total. The molecule has 0 aliphatic rings. The van der Waals surface area contributed by atoms with E-state index >= 15 is 0 Å². The van der Waals surface area contributed by atoms with Crippen molar-refractivity contribution in [1.82, 2.24) is 4.98 Å². The Morgan fingerprint density at radius 3 is 2.35 bits per heavy atom. The predicted molar refractivity (Wildman–Crippen MR) is 65.4 cm³/mol. The molecule has 0 amide bonds. The first-order chi connectivity index (χ1) is 7.74. The van der Waals surface area contributed by atoms with Gasteiger partial charge in [-0.3, -0.25) is 0 Å². The van der Waals surface area contributed by atoms with Crippen molar-refractivity contribution in [3.05, 3.63) is 23.9 Å². The van der Waals surface area contributed by atoms with Crippen LogP contribution in [0, 0.1) is 0 Å². The van der Waals surface area contributed by atoms with Crippen LogP contribution in [-0.4, -0.2) is 24.0 Å². The van der Waals surface area contributed by atoms with Gasteiger partial charge >= 0.3 is 0 Å². The molecular formula is C12H19F2N3. The number of anilines is 1. The molecule has 0 saturated carbocycles. The van der Waals surface area contributed by atoms with E-state index in [-0.39, 0.29) is 5.41 Å². The van der Waals surface area contributed by atoms with Gasteiger partial charge in [0, 0.05) is 6.20 Å². The summed E-state index contributed by atoms with van der Waals surface area (Å²) in [6.45, 7) is 5.05. The molecule has 0 atom stereocenters. The van der Waals surface area contributed by atoms with E-state index in [9.17, 15) is 8.78 Å². The summed E-state index contributed by atoms with van der Waals surface area (Å²) in [6, 6.07) is 3.59. The van der Waals surface area contributed by atoms with Crippen LogP contribution in [0.2, 0.25) is 0 Å². The number of rotatable bonds is 4. The Bertz CT molecular complexity index is 355. The van der Waals surface area contributed by atoms with Gasteiger partial charge in [0.2, 0.25) is 0 Å². The van der Waals surface area contributed by atoms with Gasteiger partial charge in [-0.05, 0) is 17.0 Å². The van der Waals surface area contributed by atoms with Gasteiger partial charge in [-0.25, -0.2) is 13.8 Å². The zero-order valence-electron chi connectivity index (χ0n) is 10.4. The molecule has 1 aromatic rings. The van der Waals surface area contributed by atoms with Crippen molar-refractivity contribution in [2.45, 2.75) is 32.1 Å². The number of nitrogens with two attached hydrogens (primary N) is 1. The standard InChI is InChI=1S/C12H19F2N3/c1-11(2,3)9-4-5-10(16-6-9)17-8-12(13,14)7-15/h4-6H,7-8,15H2,1-3H3,(H,16,17). The molecule has 0 spiro atoms. The smallest absolute Gasteiger partial charge is 0.276 e. The predicted octanol–water partition coefficient (Wildman–Crippen LogP) is 2.38. The van der Waals surface area contributed by atoms with Gasteiger partial charge in [0.05, 0.1) is 13.1 Å². The minimum absolute atomic E-state index is 0.00667. The van der Waals surface area contributed by atoms with Crippen molar-refractivity contribution in [1.29, 1.82) is 0 Å². The molecule has 1 rings (SSSR count).